The minimum absolute atomic E-state index is 0.0712. The average Bonchev–Trinajstić information content (AvgIpc) is 2.40. The van der Waals surface area contributed by atoms with Gasteiger partial charge in [-0.05, 0) is 19.4 Å². The third kappa shape index (κ3) is 3.32. The van der Waals surface area contributed by atoms with Crippen LogP contribution in [0.1, 0.15) is 27.0 Å². The number of hydrogen-bond donors (Lipinski definition) is 1. The van der Waals surface area contributed by atoms with Gasteiger partial charge in [-0.1, -0.05) is 59.7 Å². The Hall–Kier alpha value is -2.35. The van der Waals surface area contributed by atoms with Crippen LogP contribution in [0.2, 0.25) is 0 Å². The lowest BCUT2D eigenvalue weighted by molar-refractivity contribution is 0.104. The molecule has 0 radical (unpaired) electrons. The maximum Gasteiger partial charge on any atom is 0.187 e. The summed E-state index contributed by atoms with van der Waals surface area (Å²) in [6.45, 7) is 4.01. The van der Waals surface area contributed by atoms with Crippen molar-refractivity contribution in [2.75, 3.05) is 0 Å². The minimum atomic E-state index is -0.0712. The van der Waals surface area contributed by atoms with Crippen molar-refractivity contribution in [1.82, 2.24) is 0 Å². The summed E-state index contributed by atoms with van der Waals surface area (Å²) in [7, 11) is 0. The SMILES string of the molecule is Cc1ccc(C(=O)C=C(N)c2ccc(C)cc2)cc1. The highest BCUT2D eigenvalue weighted by molar-refractivity contribution is 6.08. The summed E-state index contributed by atoms with van der Waals surface area (Å²) >= 11 is 0. The molecular weight excluding hydrogens is 234 g/mol. The Labute approximate surface area is 113 Å². The predicted octanol–water partition coefficient (Wildman–Crippen LogP) is 3.49. The lowest BCUT2D eigenvalue weighted by atomic mass is 10.1. The Morgan fingerprint density at radius 1 is 0.842 bits per heavy atom. The molecular formula is C17H17NO. The number of rotatable bonds is 3. The number of aryl methyl sites for hydroxylation is 2. The quantitative estimate of drug-likeness (QED) is 0.670. The molecule has 0 saturated heterocycles. The summed E-state index contributed by atoms with van der Waals surface area (Å²) in [6.07, 6.45) is 1.48. The van der Waals surface area contributed by atoms with Crippen molar-refractivity contribution in [2.45, 2.75) is 13.8 Å². The van der Waals surface area contributed by atoms with Crippen molar-refractivity contribution in [1.29, 1.82) is 0 Å². The topological polar surface area (TPSA) is 43.1 Å². The Balaban J connectivity index is 2.22. The molecule has 0 aliphatic heterocycles. The molecule has 0 heterocycles. The van der Waals surface area contributed by atoms with Gasteiger partial charge in [0, 0.05) is 17.3 Å². The minimum Gasteiger partial charge on any atom is -0.398 e. The van der Waals surface area contributed by atoms with E-state index in [1.807, 2.05) is 62.4 Å². The van der Waals surface area contributed by atoms with Gasteiger partial charge in [0.25, 0.3) is 0 Å². The zero-order chi connectivity index (χ0) is 13.8. The Kier molecular flexibility index (Phi) is 3.81. The van der Waals surface area contributed by atoms with Crippen LogP contribution in [0.3, 0.4) is 0 Å². The molecule has 2 aromatic rings. The Morgan fingerprint density at radius 2 is 1.26 bits per heavy atom. The molecule has 0 saturated carbocycles. The molecule has 0 unspecified atom stereocenters. The first kappa shape index (κ1) is 13.1. The van der Waals surface area contributed by atoms with E-state index in [0.29, 0.717) is 11.3 Å². The van der Waals surface area contributed by atoms with Gasteiger partial charge in [0.2, 0.25) is 0 Å². The highest BCUT2D eigenvalue weighted by Crippen LogP contribution is 2.12. The second-order valence-electron chi connectivity index (χ2n) is 4.70. The summed E-state index contributed by atoms with van der Waals surface area (Å²) in [5, 5.41) is 0. The standard InChI is InChI=1S/C17H17NO/c1-12-3-7-14(8-4-12)16(18)11-17(19)15-9-5-13(2)6-10-15/h3-11H,18H2,1-2H3. The van der Waals surface area contributed by atoms with Crippen LogP contribution < -0.4 is 5.73 Å². The van der Waals surface area contributed by atoms with Gasteiger partial charge in [0.1, 0.15) is 0 Å². The highest BCUT2D eigenvalue weighted by atomic mass is 16.1. The number of nitrogens with two attached hydrogens (primary N) is 1. The number of hydrogen-bond acceptors (Lipinski definition) is 2. The number of benzene rings is 2. The fourth-order valence-corrected chi connectivity index (χ4v) is 1.77. The van der Waals surface area contributed by atoms with Crippen LogP contribution in [-0.4, -0.2) is 5.78 Å². The lowest BCUT2D eigenvalue weighted by Crippen LogP contribution is -2.02. The van der Waals surface area contributed by atoms with Crippen LogP contribution in [0, 0.1) is 13.8 Å². The van der Waals surface area contributed by atoms with Crippen molar-refractivity contribution in [3.63, 3.8) is 0 Å². The van der Waals surface area contributed by atoms with E-state index in [9.17, 15) is 4.79 Å². The van der Waals surface area contributed by atoms with Crippen LogP contribution in [0.5, 0.6) is 0 Å². The van der Waals surface area contributed by atoms with Crippen molar-refractivity contribution in [3.05, 3.63) is 76.9 Å². The fraction of sp³-hybridized carbons (Fsp3) is 0.118. The molecule has 0 amide bonds. The molecule has 2 heteroatoms. The first-order chi connectivity index (χ1) is 9.06. The molecule has 0 bridgehead atoms. The van der Waals surface area contributed by atoms with Crippen LogP contribution in [0.15, 0.2) is 54.6 Å². The van der Waals surface area contributed by atoms with E-state index in [-0.39, 0.29) is 5.78 Å². The number of carbonyl (C=O) groups excluding carboxylic acids is 1. The molecule has 19 heavy (non-hydrogen) atoms. The molecule has 0 atom stereocenters. The molecule has 2 nitrogen and oxygen atoms in total. The van der Waals surface area contributed by atoms with Gasteiger partial charge in [0.15, 0.2) is 5.78 Å². The van der Waals surface area contributed by atoms with Gasteiger partial charge >= 0.3 is 0 Å². The van der Waals surface area contributed by atoms with E-state index in [1.165, 1.54) is 11.6 Å². The van der Waals surface area contributed by atoms with Crippen LogP contribution >= 0.6 is 0 Å². The maximum atomic E-state index is 12.1. The van der Waals surface area contributed by atoms with Crippen molar-refractivity contribution >= 4 is 11.5 Å². The van der Waals surface area contributed by atoms with Gasteiger partial charge in [-0.2, -0.15) is 0 Å². The summed E-state index contributed by atoms with van der Waals surface area (Å²) in [4.78, 5) is 12.1. The summed E-state index contributed by atoms with van der Waals surface area (Å²) in [6, 6.07) is 15.3. The zero-order valence-corrected chi connectivity index (χ0v) is 11.2. The first-order valence-corrected chi connectivity index (χ1v) is 6.21. The van der Waals surface area contributed by atoms with E-state index in [1.54, 1.807) is 0 Å². The van der Waals surface area contributed by atoms with E-state index >= 15 is 0 Å². The van der Waals surface area contributed by atoms with Gasteiger partial charge in [-0.25, -0.2) is 0 Å². The summed E-state index contributed by atoms with van der Waals surface area (Å²) in [5.74, 6) is -0.0712. The van der Waals surface area contributed by atoms with Crippen LogP contribution in [0.4, 0.5) is 0 Å². The normalized spacial score (nSPS) is 11.4. The zero-order valence-electron chi connectivity index (χ0n) is 11.2. The Bertz CT molecular complexity index is 607. The van der Waals surface area contributed by atoms with E-state index in [2.05, 4.69) is 0 Å². The summed E-state index contributed by atoms with van der Waals surface area (Å²) in [5.41, 5.74) is 10.3. The highest BCUT2D eigenvalue weighted by Gasteiger charge is 2.04. The van der Waals surface area contributed by atoms with Gasteiger partial charge < -0.3 is 5.73 Å². The second-order valence-corrected chi connectivity index (χ2v) is 4.70. The number of allylic oxidation sites excluding steroid dienone is 1. The molecule has 0 aliphatic carbocycles. The number of ketones is 1. The fourth-order valence-electron chi connectivity index (χ4n) is 1.77. The van der Waals surface area contributed by atoms with Crippen molar-refractivity contribution < 1.29 is 4.79 Å². The van der Waals surface area contributed by atoms with Crippen molar-refractivity contribution in [2.24, 2.45) is 5.73 Å². The second kappa shape index (κ2) is 5.53. The summed E-state index contributed by atoms with van der Waals surface area (Å²) < 4.78 is 0. The van der Waals surface area contributed by atoms with E-state index in [4.69, 9.17) is 5.73 Å². The molecule has 0 aromatic heterocycles. The van der Waals surface area contributed by atoms with Gasteiger partial charge in [-0.3, -0.25) is 4.79 Å². The maximum absolute atomic E-state index is 12.1. The van der Waals surface area contributed by atoms with E-state index in [0.717, 1.165) is 11.1 Å². The monoisotopic (exact) mass is 251 g/mol. The van der Waals surface area contributed by atoms with Crippen LogP contribution in [-0.2, 0) is 0 Å². The molecule has 2 N–H and O–H groups in total. The van der Waals surface area contributed by atoms with Gasteiger partial charge in [-0.15, -0.1) is 0 Å². The average molecular weight is 251 g/mol. The smallest absolute Gasteiger partial charge is 0.187 e. The van der Waals surface area contributed by atoms with Gasteiger partial charge in [0.05, 0.1) is 0 Å². The molecule has 0 spiro atoms. The Morgan fingerprint density at radius 3 is 1.74 bits per heavy atom. The molecule has 96 valence electrons. The predicted molar refractivity (Wildman–Crippen MR) is 78.9 cm³/mol. The molecule has 0 aliphatic rings. The molecule has 2 rings (SSSR count). The largest absolute Gasteiger partial charge is 0.398 e. The third-order valence-corrected chi connectivity index (χ3v) is 3.01. The lowest BCUT2D eigenvalue weighted by Gasteiger charge is -2.03. The van der Waals surface area contributed by atoms with Crippen molar-refractivity contribution in [3.8, 4) is 0 Å². The molecule has 2 aromatic carbocycles. The van der Waals surface area contributed by atoms with E-state index < -0.39 is 0 Å². The molecule has 0 fully saturated rings. The van der Waals surface area contributed by atoms with Crippen LogP contribution in [0.25, 0.3) is 5.70 Å². The number of carbonyl (C=O) groups is 1. The first-order valence-electron chi connectivity index (χ1n) is 6.21. The third-order valence-electron chi connectivity index (χ3n) is 3.01.